The maximum Gasteiger partial charge on any atom is 0.323 e. The molecular weight excluding hydrogens is 268 g/mol. The molecule has 8 heteroatoms. The second-order valence-electron chi connectivity index (χ2n) is 4.42. The second-order valence-corrected chi connectivity index (χ2v) is 5.51. The molecule has 0 atom stereocenters. The standard InChI is InChI=1S/C11H18N4O3S/c1-9-10(15(16)17)11(13(2)12-9)19-8-5-14-3-6-18-7-4-14/h3-8H2,1-2H3. The number of hydrogen-bond donors (Lipinski definition) is 0. The SMILES string of the molecule is Cc1nn(C)c(SCCN2CCOCC2)c1[N+](=O)[O-]. The van der Waals surface area contributed by atoms with Crippen LogP contribution in [0.25, 0.3) is 0 Å². The van der Waals surface area contributed by atoms with Crippen molar-refractivity contribution in [1.82, 2.24) is 14.7 Å². The van der Waals surface area contributed by atoms with Crippen LogP contribution in [0.5, 0.6) is 0 Å². The Kier molecular flexibility index (Phi) is 4.78. The monoisotopic (exact) mass is 286 g/mol. The smallest absolute Gasteiger partial charge is 0.323 e. The molecule has 1 aromatic heterocycles. The molecule has 1 saturated heterocycles. The Morgan fingerprint density at radius 1 is 1.47 bits per heavy atom. The van der Waals surface area contributed by atoms with Gasteiger partial charge >= 0.3 is 5.69 Å². The maximum atomic E-state index is 11.0. The van der Waals surface area contributed by atoms with Crippen molar-refractivity contribution < 1.29 is 9.66 Å². The van der Waals surface area contributed by atoms with Crippen LogP contribution in [0.2, 0.25) is 0 Å². The molecule has 0 radical (unpaired) electrons. The molecular formula is C11H18N4O3S. The minimum Gasteiger partial charge on any atom is -0.379 e. The molecule has 19 heavy (non-hydrogen) atoms. The molecule has 106 valence electrons. The first kappa shape index (κ1) is 14.3. The molecule has 0 spiro atoms. The number of rotatable bonds is 5. The predicted octanol–water partition coefficient (Wildman–Crippen LogP) is 1.06. The molecule has 1 fully saturated rings. The summed E-state index contributed by atoms with van der Waals surface area (Å²) in [6.07, 6.45) is 0. The van der Waals surface area contributed by atoms with Gasteiger partial charge in [-0.1, -0.05) is 11.8 Å². The van der Waals surface area contributed by atoms with Gasteiger partial charge in [0.1, 0.15) is 5.69 Å². The summed E-state index contributed by atoms with van der Waals surface area (Å²) in [5.74, 6) is 0.819. The van der Waals surface area contributed by atoms with Crippen LogP contribution in [-0.2, 0) is 11.8 Å². The number of nitro groups is 1. The van der Waals surface area contributed by atoms with Crippen LogP contribution in [0.4, 0.5) is 5.69 Å². The van der Waals surface area contributed by atoms with Crippen molar-refractivity contribution >= 4 is 17.4 Å². The van der Waals surface area contributed by atoms with Crippen molar-refractivity contribution in [2.24, 2.45) is 7.05 Å². The van der Waals surface area contributed by atoms with Crippen molar-refractivity contribution in [2.75, 3.05) is 38.6 Å². The summed E-state index contributed by atoms with van der Waals surface area (Å²) in [6, 6.07) is 0. The third kappa shape index (κ3) is 3.46. The van der Waals surface area contributed by atoms with E-state index in [-0.39, 0.29) is 10.6 Å². The van der Waals surface area contributed by atoms with Gasteiger partial charge in [0.2, 0.25) is 0 Å². The summed E-state index contributed by atoms with van der Waals surface area (Å²) in [7, 11) is 1.75. The fraction of sp³-hybridized carbons (Fsp3) is 0.727. The number of nitrogens with zero attached hydrogens (tertiary/aromatic N) is 4. The Morgan fingerprint density at radius 2 is 2.16 bits per heavy atom. The van der Waals surface area contributed by atoms with E-state index in [1.54, 1.807) is 18.7 Å². The fourth-order valence-corrected chi connectivity index (χ4v) is 3.22. The zero-order chi connectivity index (χ0) is 13.8. The van der Waals surface area contributed by atoms with Crippen LogP contribution >= 0.6 is 11.8 Å². The third-order valence-electron chi connectivity index (χ3n) is 3.07. The molecule has 0 aliphatic carbocycles. The quantitative estimate of drug-likeness (QED) is 0.458. The van der Waals surface area contributed by atoms with Crippen LogP contribution in [-0.4, -0.2) is 58.2 Å². The van der Waals surface area contributed by atoms with Crippen molar-refractivity contribution in [3.05, 3.63) is 15.8 Å². The molecule has 0 saturated carbocycles. The lowest BCUT2D eigenvalue weighted by Crippen LogP contribution is -2.37. The molecule has 1 aliphatic rings. The number of ether oxygens (including phenoxy) is 1. The number of hydrogen-bond acceptors (Lipinski definition) is 6. The second kappa shape index (κ2) is 6.36. The van der Waals surface area contributed by atoms with Gasteiger partial charge in [-0.2, -0.15) is 5.10 Å². The zero-order valence-corrected chi connectivity index (χ0v) is 12.0. The van der Waals surface area contributed by atoms with Crippen molar-refractivity contribution in [1.29, 1.82) is 0 Å². The minimum atomic E-state index is -0.348. The Labute approximate surface area is 116 Å². The Balaban J connectivity index is 1.93. The van der Waals surface area contributed by atoms with E-state index in [9.17, 15) is 10.1 Å². The van der Waals surface area contributed by atoms with Gasteiger partial charge in [-0.15, -0.1) is 0 Å². The highest BCUT2D eigenvalue weighted by molar-refractivity contribution is 7.99. The molecule has 2 heterocycles. The lowest BCUT2D eigenvalue weighted by molar-refractivity contribution is -0.388. The van der Waals surface area contributed by atoms with Gasteiger partial charge in [0.15, 0.2) is 5.03 Å². The predicted molar refractivity (Wildman–Crippen MR) is 72.6 cm³/mol. The molecule has 1 aliphatic heterocycles. The first-order valence-electron chi connectivity index (χ1n) is 6.20. The fourth-order valence-electron chi connectivity index (χ4n) is 2.09. The molecule has 1 aromatic rings. The number of aromatic nitrogens is 2. The van der Waals surface area contributed by atoms with E-state index in [2.05, 4.69) is 10.00 Å². The van der Waals surface area contributed by atoms with E-state index in [0.717, 1.165) is 38.6 Å². The summed E-state index contributed by atoms with van der Waals surface area (Å²) in [4.78, 5) is 13.0. The van der Waals surface area contributed by atoms with E-state index in [1.807, 2.05) is 0 Å². The average molecular weight is 286 g/mol. The molecule has 2 rings (SSSR count). The van der Waals surface area contributed by atoms with Crippen molar-refractivity contribution in [3.63, 3.8) is 0 Å². The van der Waals surface area contributed by atoms with Gasteiger partial charge in [0, 0.05) is 32.4 Å². The lowest BCUT2D eigenvalue weighted by Gasteiger charge is -2.26. The van der Waals surface area contributed by atoms with Crippen LogP contribution in [0.15, 0.2) is 5.03 Å². The summed E-state index contributed by atoms with van der Waals surface area (Å²) < 4.78 is 6.88. The van der Waals surface area contributed by atoms with Crippen LogP contribution in [0.3, 0.4) is 0 Å². The summed E-state index contributed by atoms with van der Waals surface area (Å²) >= 11 is 1.49. The van der Waals surface area contributed by atoms with E-state index in [0.29, 0.717) is 10.7 Å². The van der Waals surface area contributed by atoms with Crippen molar-refractivity contribution in [3.8, 4) is 0 Å². The first-order valence-corrected chi connectivity index (χ1v) is 7.19. The zero-order valence-electron chi connectivity index (χ0n) is 11.2. The highest BCUT2D eigenvalue weighted by atomic mass is 32.2. The topological polar surface area (TPSA) is 73.4 Å². The van der Waals surface area contributed by atoms with Gasteiger partial charge in [-0.3, -0.25) is 19.7 Å². The Hall–Kier alpha value is -1.12. The Bertz CT molecular complexity index is 457. The van der Waals surface area contributed by atoms with Gasteiger partial charge in [0.25, 0.3) is 0 Å². The Morgan fingerprint density at radius 3 is 2.79 bits per heavy atom. The number of morpholine rings is 1. The van der Waals surface area contributed by atoms with Crippen LogP contribution < -0.4 is 0 Å². The normalized spacial score (nSPS) is 16.7. The summed E-state index contributed by atoms with van der Waals surface area (Å²) in [5.41, 5.74) is 0.607. The molecule has 0 amide bonds. The molecule has 7 nitrogen and oxygen atoms in total. The average Bonchev–Trinajstić information content (AvgIpc) is 2.65. The summed E-state index contributed by atoms with van der Waals surface area (Å²) in [6.45, 7) is 6.00. The van der Waals surface area contributed by atoms with Crippen LogP contribution in [0, 0.1) is 17.0 Å². The first-order chi connectivity index (χ1) is 9.09. The van der Waals surface area contributed by atoms with Gasteiger partial charge in [-0.25, -0.2) is 0 Å². The van der Waals surface area contributed by atoms with E-state index < -0.39 is 0 Å². The lowest BCUT2D eigenvalue weighted by atomic mass is 10.4. The van der Waals surface area contributed by atoms with Gasteiger partial charge in [-0.05, 0) is 6.92 Å². The highest BCUT2D eigenvalue weighted by Gasteiger charge is 2.24. The summed E-state index contributed by atoms with van der Waals surface area (Å²) in [5, 5.41) is 15.8. The number of aryl methyl sites for hydroxylation is 2. The highest BCUT2D eigenvalue weighted by Crippen LogP contribution is 2.31. The van der Waals surface area contributed by atoms with E-state index >= 15 is 0 Å². The molecule has 0 unspecified atom stereocenters. The molecule has 0 bridgehead atoms. The maximum absolute atomic E-state index is 11.0. The van der Waals surface area contributed by atoms with E-state index in [4.69, 9.17) is 4.74 Å². The van der Waals surface area contributed by atoms with Gasteiger partial charge < -0.3 is 4.74 Å². The molecule has 0 aromatic carbocycles. The molecule has 0 N–H and O–H groups in total. The number of thioether (sulfide) groups is 1. The van der Waals surface area contributed by atoms with Gasteiger partial charge in [0.05, 0.1) is 18.1 Å². The largest absolute Gasteiger partial charge is 0.379 e. The van der Waals surface area contributed by atoms with Crippen LogP contribution in [0.1, 0.15) is 5.69 Å². The minimum absolute atomic E-state index is 0.134. The van der Waals surface area contributed by atoms with E-state index in [1.165, 1.54) is 11.8 Å². The van der Waals surface area contributed by atoms with Crippen molar-refractivity contribution in [2.45, 2.75) is 11.9 Å². The third-order valence-corrected chi connectivity index (χ3v) is 4.19.